The number of hydrogen-bond acceptors (Lipinski definition) is 7. The fraction of sp³-hybridized carbons (Fsp3) is 0.270. The molecule has 3 aliphatic carbocycles. The van der Waals surface area contributed by atoms with Crippen LogP contribution in [-0.2, 0) is 29.3 Å². The highest BCUT2D eigenvalue weighted by Crippen LogP contribution is 2.64. The molecule has 1 saturated heterocycles. The van der Waals surface area contributed by atoms with Gasteiger partial charge in [0, 0.05) is 23.0 Å². The van der Waals surface area contributed by atoms with Gasteiger partial charge in [-0.25, -0.2) is 4.79 Å². The molecule has 6 atom stereocenters. The third-order valence-corrected chi connectivity index (χ3v) is 10.3. The number of nitrogens with zero attached hydrogens (tertiary/aromatic N) is 1. The Morgan fingerprint density at radius 3 is 2.27 bits per heavy atom. The number of carbonyl (C=O) groups is 5. The van der Waals surface area contributed by atoms with Crippen LogP contribution in [0.2, 0.25) is 0 Å². The van der Waals surface area contributed by atoms with Crippen molar-refractivity contribution in [3.63, 3.8) is 0 Å². The first kappa shape index (κ1) is 28.6. The summed E-state index contributed by atoms with van der Waals surface area (Å²) in [4.78, 5) is 70.2. The fourth-order valence-electron chi connectivity index (χ4n) is 8.40. The second kappa shape index (κ2) is 10.5. The largest absolute Gasteiger partial charge is 0.507 e. The average molecular weight is 602 g/mol. The minimum absolute atomic E-state index is 0.00308. The van der Waals surface area contributed by atoms with E-state index in [1.807, 2.05) is 42.5 Å². The number of rotatable bonds is 3. The summed E-state index contributed by atoms with van der Waals surface area (Å²) < 4.78 is 4.78. The van der Waals surface area contributed by atoms with E-state index in [0.717, 1.165) is 7.11 Å². The SMILES string of the molecule is COC(=O)N1C(=O)[C@H]2[C@H](CC=C3[C@H]2C[C@H]2C(=O)C(c4ccccc4)=CC(=O)[C@@]2(c2ccccc2)[C@H]3c2cccc(C)c2O)C1=O. The molecule has 0 aromatic heterocycles. The third-order valence-electron chi connectivity index (χ3n) is 10.3. The maximum absolute atomic E-state index is 14.9. The lowest BCUT2D eigenvalue weighted by atomic mass is 9.44. The van der Waals surface area contributed by atoms with Gasteiger partial charge in [0.2, 0.25) is 11.8 Å². The molecule has 1 heterocycles. The third kappa shape index (κ3) is 3.94. The van der Waals surface area contributed by atoms with Gasteiger partial charge in [-0.3, -0.25) is 19.2 Å². The van der Waals surface area contributed by atoms with Gasteiger partial charge in [-0.15, -0.1) is 0 Å². The zero-order valence-electron chi connectivity index (χ0n) is 24.8. The molecule has 1 N–H and O–H groups in total. The summed E-state index contributed by atoms with van der Waals surface area (Å²) in [6.45, 7) is 1.77. The van der Waals surface area contributed by atoms with Gasteiger partial charge >= 0.3 is 6.09 Å². The van der Waals surface area contributed by atoms with Gasteiger partial charge < -0.3 is 9.84 Å². The highest BCUT2D eigenvalue weighted by molar-refractivity contribution is 6.31. The first-order chi connectivity index (χ1) is 21.7. The number of Topliss-reactive ketones (excluding diaryl/α,β-unsaturated/α-hetero) is 1. The Morgan fingerprint density at radius 1 is 0.889 bits per heavy atom. The second-order valence-corrected chi connectivity index (χ2v) is 12.3. The van der Waals surface area contributed by atoms with Crippen molar-refractivity contribution in [2.75, 3.05) is 7.11 Å². The number of phenolic OH excluding ortho intramolecular Hbond substituents is 1. The predicted octanol–water partition coefficient (Wildman–Crippen LogP) is 5.29. The number of imide groups is 3. The van der Waals surface area contributed by atoms with E-state index in [4.69, 9.17) is 4.74 Å². The molecule has 3 aromatic rings. The van der Waals surface area contributed by atoms with Gasteiger partial charge in [-0.05, 0) is 48.4 Å². The molecule has 4 aliphatic rings. The first-order valence-corrected chi connectivity index (χ1v) is 15.1. The Morgan fingerprint density at radius 2 is 1.58 bits per heavy atom. The van der Waals surface area contributed by atoms with Crippen molar-refractivity contribution in [2.24, 2.45) is 23.7 Å². The number of aryl methyl sites for hydroxylation is 1. The Labute approximate surface area is 260 Å². The van der Waals surface area contributed by atoms with Crippen LogP contribution in [0.5, 0.6) is 5.75 Å². The number of phenols is 1. The fourth-order valence-corrected chi connectivity index (χ4v) is 8.40. The van der Waals surface area contributed by atoms with Crippen molar-refractivity contribution in [3.8, 4) is 5.75 Å². The van der Waals surface area contributed by atoms with Crippen LogP contribution in [0.15, 0.2) is 96.6 Å². The van der Waals surface area contributed by atoms with E-state index in [1.165, 1.54) is 6.08 Å². The quantitative estimate of drug-likeness (QED) is 0.320. The van der Waals surface area contributed by atoms with Crippen LogP contribution in [0.4, 0.5) is 4.79 Å². The molecule has 7 rings (SSSR count). The Hall–Kier alpha value is -5.11. The summed E-state index contributed by atoms with van der Waals surface area (Å²) in [6.07, 6.45) is 2.56. The van der Waals surface area contributed by atoms with E-state index >= 15 is 0 Å². The highest BCUT2D eigenvalue weighted by atomic mass is 16.5. The molecule has 0 unspecified atom stereocenters. The van der Waals surface area contributed by atoms with Crippen LogP contribution in [0.1, 0.15) is 41.0 Å². The minimum atomic E-state index is -1.44. The van der Waals surface area contributed by atoms with Crippen LogP contribution < -0.4 is 0 Å². The molecule has 226 valence electrons. The molecular formula is C37H31NO7. The molecule has 8 heteroatoms. The van der Waals surface area contributed by atoms with Crippen molar-refractivity contribution in [3.05, 3.63) is 119 Å². The number of ether oxygens (including phenoxy) is 1. The standard InChI is InChI=1S/C37H31NO7/c1-20-10-9-15-25(32(20)40)31-23-16-17-24-30(35(43)38(34(24)42)36(44)45-2)27(23)18-28-33(41)26(21-11-5-3-6-12-21)19-29(39)37(28,31)22-13-7-4-8-14-22/h3-16,19,24,27-28,30-31,40H,17-18H2,1-2H3/t24-,27+,28-,30-,31+,37-/m0/s1. The van der Waals surface area contributed by atoms with Crippen LogP contribution >= 0.6 is 0 Å². The summed E-state index contributed by atoms with van der Waals surface area (Å²) in [5.74, 6) is -5.94. The van der Waals surface area contributed by atoms with E-state index in [0.29, 0.717) is 32.7 Å². The average Bonchev–Trinajstić information content (AvgIpc) is 3.32. The van der Waals surface area contributed by atoms with Gasteiger partial charge in [0.25, 0.3) is 0 Å². The molecule has 3 aromatic carbocycles. The highest BCUT2D eigenvalue weighted by Gasteiger charge is 2.66. The number of fused-ring (bicyclic) bond motifs is 4. The Kier molecular flexibility index (Phi) is 6.69. The van der Waals surface area contributed by atoms with Gasteiger partial charge in [0.1, 0.15) is 5.75 Å². The first-order valence-electron chi connectivity index (χ1n) is 15.1. The summed E-state index contributed by atoms with van der Waals surface area (Å²) in [6, 6.07) is 23.5. The minimum Gasteiger partial charge on any atom is -0.507 e. The lowest BCUT2D eigenvalue weighted by molar-refractivity contribution is -0.138. The number of aromatic hydroxyl groups is 1. The van der Waals surface area contributed by atoms with Crippen LogP contribution in [0, 0.1) is 30.6 Å². The van der Waals surface area contributed by atoms with Crippen LogP contribution in [0.3, 0.4) is 0 Å². The molecule has 3 amide bonds. The number of ketones is 2. The molecule has 8 nitrogen and oxygen atoms in total. The molecule has 0 spiro atoms. The van der Waals surface area contributed by atoms with E-state index in [1.54, 1.807) is 49.4 Å². The smallest absolute Gasteiger partial charge is 0.423 e. The van der Waals surface area contributed by atoms with Crippen molar-refractivity contribution in [1.82, 2.24) is 4.90 Å². The van der Waals surface area contributed by atoms with Crippen molar-refractivity contribution < 1.29 is 33.8 Å². The normalized spacial score (nSPS) is 28.9. The summed E-state index contributed by atoms with van der Waals surface area (Å²) in [7, 11) is 1.11. The molecule has 2 fully saturated rings. The van der Waals surface area contributed by atoms with Gasteiger partial charge in [-0.2, -0.15) is 4.90 Å². The number of benzene rings is 3. The van der Waals surface area contributed by atoms with Crippen LogP contribution in [0.25, 0.3) is 5.57 Å². The number of para-hydroxylation sites is 1. The monoisotopic (exact) mass is 601 g/mol. The van der Waals surface area contributed by atoms with E-state index in [9.17, 15) is 29.1 Å². The van der Waals surface area contributed by atoms with Crippen molar-refractivity contribution in [1.29, 1.82) is 0 Å². The topological polar surface area (TPSA) is 118 Å². The Bertz CT molecular complexity index is 1840. The summed E-state index contributed by atoms with van der Waals surface area (Å²) in [5, 5.41) is 11.6. The molecule has 0 radical (unpaired) electrons. The zero-order chi connectivity index (χ0) is 31.6. The lowest BCUT2D eigenvalue weighted by Crippen LogP contribution is -2.58. The Balaban J connectivity index is 1.51. The molecule has 1 saturated carbocycles. The van der Waals surface area contributed by atoms with Crippen LogP contribution in [-0.4, -0.2) is 46.6 Å². The predicted molar refractivity (Wildman–Crippen MR) is 164 cm³/mol. The summed E-state index contributed by atoms with van der Waals surface area (Å²) in [5.41, 5.74) is 1.87. The number of methoxy groups -OCH3 is 1. The summed E-state index contributed by atoms with van der Waals surface area (Å²) >= 11 is 0. The van der Waals surface area contributed by atoms with E-state index in [2.05, 4.69) is 0 Å². The van der Waals surface area contributed by atoms with Crippen molar-refractivity contribution >= 4 is 35.0 Å². The maximum atomic E-state index is 14.9. The molecule has 0 bridgehead atoms. The number of likely N-dealkylation sites (tertiary alicyclic amines) is 1. The van der Waals surface area contributed by atoms with Crippen molar-refractivity contribution in [2.45, 2.75) is 31.1 Å². The second-order valence-electron chi connectivity index (χ2n) is 12.3. The number of allylic oxidation sites excluding steroid dienone is 4. The van der Waals surface area contributed by atoms with E-state index in [-0.39, 0.29) is 35.7 Å². The number of amides is 3. The maximum Gasteiger partial charge on any atom is 0.423 e. The lowest BCUT2D eigenvalue weighted by Gasteiger charge is -2.55. The van der Waals surface area contributed by atoms with Gasteiger partial charge in [0.05, 0.1) is 24.4 Å². The molecule has 45 heavy (non-hydrogen) atoms. The number of hydrogen-bond donors (Lipinski definition) is 1. The van der Waals surface area contributed by atoms with Gasteiger partial charge in [0.15, 0.2) is 11.6 Å². The van der Waals surface area contributed by atoms with E-state index < -0.39 is 52.9 Å². The molecular weight excluding hydrogens is 570 g/mol. The molecule has 1 aliphatic heterocycles. The van der Waals surface area contributed by atoms with Gasteiger partial charge in [-0.1, -0.05) is 90.5 Å². The number of carbonyl (C=O) groups excluding carboxylic acids is 5. The zero-order valence-corrected chi connectivity index (χ0v) is 24.8.